The van der Waals surface area contributed by atoms with Gasteiger partial charge in [0.1, 0.15) is 12.4 Å². The van der Waals surface area contributed by atoms with Gasteiger partial charge >= 0.3 is 0 Å². The van der Waals surface area contributed by atoms with Crippen LogP contribution in [-0.2, 0) is 4.79 Å². The summed E-state index contributed by atoms with van der Waals surface area (Å²) in [4.78, 5) is 20.7. The number of fused-ring (bicyclic) bond motifs is 2. The van der Waals surface area contributed by atoms with Crippen molar-refractivity contribution < 1.29 is 48.5 Å². The second kappa shape index (κ2) is 8.53. The molecular weight excluding hydrogens is 426 g/mol. The Labute approximate surface area is 216 Å². The molecule has 3 heterocycles. The van der Waals surface area contributed by atoms with Crippen LogP contribution in [0.25, 0.3) is 10.9 Å². The minimum atomic E-state index is -3.85. The number of benzene rings is 2. The molecule has 2 N–H and O–H groups in total. The third-order valence-electron chi connectivity index (χ3n) is 4.51. The van der Waals surface area contributed by atoms with Crippen LogP contribution in [0.2, 0.25) is 2.82 Å². The second-order valence-electron chi connectivity index (χ2n) is 6.50. The second-order valence-corrected chi connectivity index (χ2v) is 6.50. The molecule has 2 aromatic carbocycles. The summed E-state index contributed by atoms with van der Waals surface area (Å²) in [5.41, 5.74) is -1.32. The minimum Gasteiger partial charge on any atom is -0.493 e. The number of methoxy groups -OCH3 is 2. The number of anilines is 2. The van der Waals surface area contributed by atoms with Crippen molar-refractivity contribution in [1.82, 2.24) is 14.9 Å². The lowest BCUT2D eigenvalue weighted by molar-refractivity contribution is -0.141. The number of ether oxygens (including phenoxy) is 4. The molecule has 10 heteroatoms. The largest absolute Gasteiger partial charge is 0.493 e. The molecule has 1 aromatic heterocycles. The molecule has 33 heavy (non-hydrogen) atoms. The summed E-state index contributed by atoms with van der Waals surface area (Å²) in [6.45, 7) is -15.9. The lowest BCUT2D eigenvalue weighted by Gasteiger charge is -2.37. The van der Waals surface area contributed by atoms with Crippen LogP contribution in [0.15, 0.2) is 36.4 Å². The summed E-state index contributed by atoms with van der Waals surface area (Å²) < 4.78 is 168. The highest BCUT2D eigenvalue weighted by Gasteiger charge is 2.33. The zero-order chi connectivity index (χ0) is 38.4. The van der Waals surface area contributed by atoms with E-state index in [0.717, 1.165) is 0 Å². The van der Waals surface area contributed by atoms with Gasteiger partial charge in [-0.25, -0.2) is 4.98 Å². The molecule has 1 saturated heterocycles. The SMILES string of the molecule is [2H]c1c(OC([2H])([2H])[2H])c(OC([2H])([2H])[2H])c([2H])c2c(N([2H])[2H])nc(N3C([2H])([2H])C([2H])([2H])N(C(=O)C4COc5ccccc5O4)C([2H])([2H])C3([2H])[2H])nc12. The van der Waals surface area contributed by atoms with Gasteiger partial charge in [0.25, 0.3) is 5.91 Å². The van der Waals surface area contributed by atoms with Gasteiger partial charge in [-0.15, -0.1) is 0 Å². The lowest BCUT2D eigenvalue weighted by Crippen LogP contribution is -2.54. The molecule has 2 aliphatic rings. The van der Waals surface area contributed by atoms with Gasteiger partial charge in [-0.2, -0.15) is 4.98 Å². The number of amides is 1. The molecule has 0 aliphatic carbocycles. The van der Waals surface area contributed by atoms with Crippen LogP contribution in [0.4, 0.5) is 11.8 Å². The maximum Gasteiger partial charge on any atom is 0.267 e. The normalized spacial score (nSPS) is 32.4. The van der Waals surface area contributed by atoms with Crippen molar-refractivity contribution in [3.63, 3.8) is 0 Å². The maximum atomic E-state index is 13.7. The van der Waals surface area contributed by atoms with Crippen molar-refractivity contribution in [2.75, 3.05) is 57.3 Å². The average molecular weight is 470 g/mol. The fraction of sp³-hybridized carbons (Fsp3) is 0.348. The zero-order valence-corrected chi connectivity index (χ0v) is 16.4. The van der Waals surface area contributed by atoms with Gasteiger partial charge in [-0.1, -0.05) is 12.1 Å². The van der Waals surface area contributed by atoms with E-state index >= 15 is 0 Å². The smallest absolute Gasteiger partial charge is 0.267 e. The third kappa shape index (κ3) is 3.88. The predicted molar refractivity (Wildman–Crippen MR) is 122 cm³/mol. The third-order valence-corrected chi connectivity index (χ3v) is 4.51. The molecule has 1 unspecified atom stereocenters. The van der Waals surface area contributed by atoms with Crippen LogP contribution in [0.5, 0.6) is 23.0 Å². The summed E-state index contributed by atoms with van der Waals surface area (Å²) in [5, 5.41) is -0.846. The van der Waals surface area contributed by atoms with Crippen LogP contribution >= 0.6 is 0 Å². The van der Waals surface area contributed by atoms with Crippen LogP contribution in [0.3, 0.4) is 0 Å². The minimum absolute atomic E-state index is 0.00883. The molecule has 1 amide bonds. The summed E-state index contributed by atoms with van der Waals surface area (Å²) in [6.07, 6.45) is -1.78. The van der Waals surface area contributed by atoms with Crippen molar-refractivity contribution in [3.05, 3.63) is 36.4 Å². The topological polar surface area (TPSA) is 112 Å². The van der Waals surface area contributed by atoms with E-state index in [2.05, 4.69) is 9.97 Å². The fourth-order valence-corrected chi connectivity index (χ4v) is 2.97. The molecule has 172 valence electrons. The number of hydrogen-bond acceptors (Lipinski definition) is 9. The summed E-state index contributed by atoms with van der Waals surface area (Å²) in [7, 11) is -6.78. The molecule has 1 atom stereocenters. The summed E-state index contributed by atoms with van der Waals surface area (Å²) in [5.74, 6) is -6.19. The van der Waals surface area contributed by atoms with Crippen molar-refractivity contribution in [3.8, 4) is 23.0 Å². The van der Waals surface area contributed by atoms with E-state index in [-0.39, 0.29) is 27.0 Å². The number of nitrogens with zero attached hydrogens (tertiary/aromatic N) is 4. The van der Waals surface area contributed by atoms with E-state index in [1.165, 1.54) is 18.2 Å². The van der Waals surface area contributed by atoms with Crippen molar-refractivity contribution in [1.29, 1.82) is 0 Å². The molecule has 2 aliphatic heterocycles. The number of rotatable bonds is 5. The molecule has 0 spiro atoms. The van der Waals surface area contributed by atoms with Gasteiger partial charge in [0.15, 0.2) is 25.8 Å². The first-order valence-corrected chi connectivity index (χ1v) is 9.19. The van der Waals surface area contributed by atoms with Gasteiger partial charge in [-0.3, -0.25) is 4.79 Å². The summed E-state index contributed by atoms with van der Waals surface area (Å²) >= 11 is 0. The highest BCUT2D eigenvalue weighted by Crippen LogP contribution is 2.34. The quantitative estimate of drug-likeness (QED) is 0.597. The van der Waals surface area contributed by atoms with Crippen LogP contribution in [0.1, 0.15) is 21.9 Å². The Kier molecular flexibility index (Phi) is 2.27. The van der Waals surface area contributed by atoms with Crippen molar-refractivity contribution in [2.24, 2.45) is 0 Å². The van der Waals surface area contributed by atoms with Gasteiger partial charge in [0, 0.05) is 37.4 Å². The number of nitrogens with two attached hydrogens (primary N) is 1. The number of para-hydroxylation sites is 2. The predicted octanol–water partition coefficient (Wildman–Crippen LogP) is 1.72. The van der Waals surface area contributed by atoms with Gasteiger partial charge in [0.2, 0.25) is 12.1 Å². The fourth-order valence-electron chi connectivity index (χ4n) is 2.97. The van der Waals surface area contributed by atoms with Crippen molar-refractivity contribution in [2.45, 2.75) is 6.10 Å². The first kappa shape index (κ1) is 8.77. The van der Waals surface area contributed by atoms with Gasteiger partial charge in [-0.05, 0) is 18.2 Å². The lowest BCUT2D eigenvalue weighted by atomic mass is 10.2. The Morgan fingerprint density at radius 3 is 2.70 bits per heavy atom. The zero-order valence-electron chi connectivity index (χ0n) is 34.4. The maximum absolute atomic E-state index is 13.7. The van der Waals surface area contributed by atoms with E-state index in [0.29, 0.717) is 0 Å². The molecular formula is C23H25N5O5. The number of hydrogen-bond donors (Lipinski definition) is 1. The molecule has 0 radical (unpaired) electrons. The molecule has 0 bridgehead atoms. The molecule has 5 rings (SSSR count). The van der Waals surface area contributed by atoms with Crippen LogP contribution in [0, 0.1) is 0 Å². The van der Waals surface area contributed by atoms with E-state index in [4.69, 9.17) is 43.7 Å². The Balaban J connectivity index is 1.73. The number of carbonyl (C=O) groups is 1. The number of carbonyl (C=O) groups excluding carboxylic acids is 1. The van der Waals surface area contributed by atoms with Crippen LogP contribution < -0.4 is 29.6 Å². The number of nitrogen functional groups attached to an aromatic ring is 1. The first-order chi connectivity index (χ1) is 23.1. The standard InChI is InChI=1S/C23H25N5O5/c1-30-18-11-14-15(12-19(18)31-2)25-23(26-21(14)24)28-9-7-27(8-10-28)22(29)20-13-32-16-5-3-4-6-17(16)33-20/h3-6,11-12,20H,7-10,13H2,1-2H3,(H2,24,25,26)/i1D3,2D3,7D2,8D2,9D2,10D2,11D,12D/hD2. The first-order valence-electron chi connectivity index (χ1n) is 18.1. The van der Waals surface area contributed by atoms with Crippen molar-refractivity contribution >= 4 is 28.6 Å². The molecule has 1 fully saturated rings. The van der Waals surface area contributed by atoms with E-state index < -0.39 is 105 Å². The Morgan fingerprint density at radius 1 is 1.18 bits per heavy atom. The van der Waals surface area contributed by atoms with Gasteiger partial charge < -0.3 is 34.5 Å². The monoisotopic (exact) mass is 469 g/mol. The van der Waals surface area contributed by atoms with E-state index in [9.17, 15) is 4.79 Å². The Bertz CT molecular complexity index is 1860. The average Bonchev–Trinajstić information content (AvgIpc) is 2.98. The Morgan fingerprint density at radius 2 is 1.94 bits per heavy atom. The van der Waals surface area contributed by atoms with Crippen LogP contribution in [-0.4, -0.2) is 73.5 Å². The van der Waals surface area contributed by atoms with E-state index in [1.54, 1.807) is 6.07 Å². The summed E-state index contributed by atoms with van der Waals surface area (Å²) in [6, 6.07) is 3.65. The number of piperazine rings is 1. The molecule has 0 saturated carbocycles. The highest BCUT2D eigenvalue weighted by molar-refractivity contribution is 5.91. The van der Waals surface area contributed by atoms with Gasteiger partial charge in [0.05, 0.1) is 41.5 Å². The number of aromatic nitrogens is 2. The van der Waals surface area contributed by atoms with E-state index in [1.807, 2.05) is 0 Å². The molecule has 3 aromatic rings. The highest BCUT2D eigenvalue weighted by atomic mass is 16.6. The molecule has 10 nitrogen and oxygen atoms in total. The Hall–Kier alpha value is -3.95.